The first-order chi connectivity index (χ1) is 59.4. The molecule has 16 aromatic rings. The van der Waals surface area contributed by atoms with Crippen LogP contribution >= 0.6 is 0 Å². The van der Waals surface area contributed by atoms with Crippen LogP contribution in [0.25, 0.3) is 22.3 Å². The number of benzene rings is 16. The van der Waals surface area contributed by atoms with E-state index in [1.165, 1.54) is 102 Å². The molecule has 0 aliphatic rings. The maximum atomic E-state index is 5.21. The fraction of sp³-hybridized carbons (Fsp3) is 0.186. The number of anilines is 15. The Hall–Kier alpha value is -14.1. The van der Waals surface area contributed by atoms with Crippen LogP contribution in [-0.2, 0) is 0 Å². The summed E-state index contributed by atoms with van der Waals surface area (Å²) in [5.74, 6) is 2.91. The van der Waals surface area contributed by atoms with Gasteiger partial charge in [-0.15, -0.1) is 0 Å². The third-order valence-corrected chi connectivity index (χ3v) is 22.4. The number of ether oxygens (including phenoxy) is 2. The summed E-state index contributed by atoms with van der Waals surface area (Å²) in [6.45, 7) is 19.6. The molecule has 0 bridgehead atoms. The first-order valence-electron chi connectivity index (χ1n) is 42.4. The lowest BCUT2D eigenvalue weighted by atomic mass is 9.98. The van der Waals surface area contributed by atoms with Crippen molar-refractivity contribution < 1.29 is 9.47 Å². The van der Waals surface area contributed by atoms with E-state index in [1.54, 1.807) is 14.2 Å². The molecule has 2 unspecified atom stereocenters. The fourth-order valence-corrected chi connectivity index (χ4v) is 14.4. The van der Waals surface area contributed by atoms with E-state index in [9.17, 15) is 0 Å². The minimum atomic E-state index is 0. The van der Waals surface area contributed by atoms with Crippen molar-refractivity contribution in [2.75, 3.05) is 64.8 Å². The maximum absolute atomic E-state index is 5.21. The van der Waals surface area contributed by atoms with E-state index in [0.717, 1.165) is 69.1 Å². The van der Waals surface area contributed by atoms with Gasteiger partial charge in [-0.25, -0.2) is 0 Å². The Kier molecular flexibility index (Phi) is 37.6. The molecule has 646 valence electrons. The fourth-order valence-electron chi connectivity index (χ4n) is 14.4. The Morgan fingerprint density at radius 3 is 0.651 bits per heavy atom. The Balaban J connectivity index is 0.000000198. The highest BCUT2D eigenvalue weighted by atomic mass is 16.5. The third-order valence-electron chi connectivity index (χ3n) is 22.4. The number of hydrogen-bond acceptors (Lipinski definition) is 8. The zero-order chi connectivity index (χ0) is 85.7. The smallest absolute Gasteiger partial charge is 0.119 e. The molecule has 0 spiro atoms. The largest absolute Gasteiger partial charge is 0.497 e. The van der Waals surface area contributed by atoms with Crippen LogP contribution in [0, 0.1) is 34.6 Å². The summed E-state index contributed by atoms with van der Waals surface area (Å²) in [5, 5.41) is 0. The molecule has 8 heteroatoms. The predicted octanol–water partition coefficient (Wildman–Crippen LogP) is 34.6. The molecule has 0 radical (unpaired) electrons. The van der Waals surface area contributed by atoms with Crippen LogP contribution in [0.2, 0.25) is 0 Å². The molecule has 0 fully saturated rings. The van der Waals surface area contributed by atoms with E-state index in [2.05, 4.69) is 495 Å². The van der Waals surface area contributed by atoms with Gasteiger partial charge in [0.25, 0.3) is 0 Å². The number of hydrogen-bond donors (Lipinski definition) is 0. The summed E-state index contributed by atoms with van der Waals surface area (Å²) in [4.78, 5) is 13.4. The first kappa shape index (κ1) is 97.4. The second-order valence-electron chi connectivity index (χ2n) is 31.1. The van der Waals surface area contributed by atoms with E-state index >= 15 is 0 Å². The van der Waals surface area contributed by atoms with Crippen molar-refractivity contribution in [1.82, 2.24) is 0 Å². The van der Waals surface area contributed by atoms with Crippen molar-refractivity contribution in [1.29, 1.82) is 0 Å². The third kappa shape index (κ3) is 26.5. The lowest BCUT2D eigenvalue weighted by molar-refractivity contribution is 0.414. The standard InChI is InChI=1S/C34H32N2.C24H27N.C21H21NO.C20H19N.C15H17NO.4CH4/c1-3-27(2)28-19-21-32(22-20-28)36(31-17-11-6-12-18-31)34-25-23-33(24-26-34)35(29-13-7-4-8-14-29)30-15-9-5-10-16-30;1-5-20(4)21-10-16-24(17-11-21)25(22-12-6-18(2)7-13-22)23-14-8-19(3)9-15-23;1-16-4-6-17(7-5-16)18-8-10-19(11-9-18)22(2)20-12-14-21(23-3)15-13-20;1-16-8-10-17(11-9-16)18-12-14-20(15-13-18)21(2)19-6-4-3-5-7-19;1-12-5-4-6-14(11-12)16(2)13-7-9-15(17-3)10-8-13;;;;/h4-27H,3H2,1-2H3;6-17,20H,5H2,1-4H3;4-15H,1-3H3;3-15H,1-2H3;4-11H,1-3H3;4*1H4. The van der Waals surface area contributed by atoms with Gasteiger partial charge in [-0.05, 0) is 304 Å². The lowest BCUT2D eigenvalue weighted by Crippen LogP contribution is -2.12. The van der Waals surface area contributed by atoms with Gasteiger partial charge in [-0.3, -0.25) is 0 Å². The Morgan fingerprint density at radius 2 is 0.397 bits per heavy atom. The molecule has 16 aromatic carbocycles. The van der Waals surface area contributed by atoms with Crippen LogP contribution in [0.4, 0.5) is 85.3 Å². The van der Waals surface area contributed by atoms with Gasteiger partial charge in [0.15, 0.2) is 0 Å². The van der Waals surface area contributed by atoms with Crippen molar-refractivity contribution in [2.24, 2.45) is 0 Å². The van der Waals surface area contributed by atoms with Gasteiger partial charge in [0, 0.05) is 106 Å². The molecule has 16 rings (SSSR count). The van der Waals surface area contributed by atoms with Crippen molar-refractivity contribution >= 4 is 85.3 Å². The van der Waals surface area contributed by atoms with E-state index in [0.29, 0.717) is 11.8 Å². The summed E-state index contributed by atoms with van der Waals surface area (Å²) in [6.07, 6.45) is 2.31. The van der Waals surface area contributed by atoms with Crippen LogP contribution in [0.5, 0.6) is 11.5 Å². The molecule has 0 amide bonds. The van der Waals surface area contributed by atoms with Gasteiger partial charge < -0.3 is 38.9 Å². The summed E-state index contributed by atoms with van der Waals surface area (Å²) >= 11 is 0. The Morgan fingerprint density at radius 1 is 0.206 bits per heavy atom. The molecule has 0 aromatic heterocycles. The highest BCUT2D eigenvalue weighted by molar-refractivity contribution is 5.82. The van der Waals surface area contributed by atoms with Gasteiger partial charge >= 0.3 is 0 Å². The molecule has 0 heterocycles. The minimum absolute atomic E-state index is 0. The molecule has 126 heavy (non-hydrogen) atoms. The SMILES string of the molecule is C.C.C.C.CCC(C)c1ccc(N(c2ccc(C)cc2)c2ccc(C)cc2)cc1.CCC(C)c1ccc(N(c2ccccc2)c2ccc(N(c3ccccc3)c3ccccc3)cc2)cc1.COc1ccc(N(C)c2ccc(-c3ccc(C)cc3)cc2)cc1.COc1ccc(N(C)c2cccc(C)c2)cc1.Cc1ccc(-c2ccc(N(C)c3ccccc3)cc2)cc1. The maximum Gasteiger partial charge on any atom is 0.119 e. The molecule has 0 aliphatic carbocycles. The molecule has 0 aliphatic heterocycles. The van der Waals surface area contributed by atoms with Crippen LogP contribution in [0.15, 0.2) is 413 Å². The highest BCUT2D eigenvalue weighted by Gasteiger charge is 2.19. The van der Waals surface area contributed by atoms with E-state index in [4.69, 9.17) is 9.47 Å². The molecular formula is C118H132N6O2. The zero-order valence-corrected chi connectivity index (χ0v) is 73.3. The topological polar surface area (TPSA) is 37.9 Å². The summed E-state index contributed by atoms with van der Waals surface area (Å²) in [5.41, 5.74) is 31.6. The van der Waals surface area contributed by atoms with Gasteiger partial charge in [0.2, 0.25) is 0 Å². The molecule has 0 N–H and O–H groups in total. The van der Waals surface area contributed by atoms with Crippen LogP contribution in [0.1, 0.15) is 121 Å². The average molecular weight is 1670 g/mol. The van der Waals surface area contributed by atoms with Gasteiger partial charge in [0.1, 0.15) is 11.5 Å². The van der Waals surface area contributed by atoms with Crippen molar-refractivity contribution in [3.05, 3.63) is 451 Å². The van der Waals surface area contributed by atoms with Crippen LogP contribution in [0.3, 0.4) is 0 Å². The van der Waals surface area contributed by atoms with Crippen molar-refractivity contribution in [3.63, 3.8) is 0 Å². The predicted molar refractivity (Wildman–Crippen MR) is 552 cm³/mol. The summed E-state index contributed by atoms with van der Waals surface area (Å²) < 4.78 is 10.4. The number of methoxy groups -OCH3 is 2. The van der Waals surface area contributed by atoms with Gasteiger partial charge in [0.05, 0.1) is 14.2 Å². The summed E-state index contributed by atoms with van der Waals surface area (Å²) in [7, 11) is 9.59. The van der Waals surface area contributed by atoms with Crippen LogP contribution < -0.4 is 38.9 Å². The molecule has 2 atom stereocenters. The second kappa shape index (κ2) is 48.7. The number of nitrogens with zero attached hydrogens (tertiary/aromatic N) is 6. The average Bonchev–Trinajstić information content (AvgIpc) is 0.794. The van der Waals surface area contributed by atoms with E-state index in [1.807, 2.05) is 30.3 Å². The van der Waals surface area contributed by atoms with Gasteiger partial charge in [-0.1, -0.05) is 286 Å². The van der Waals surface area contributed by atoms with E-state index < -0.39 is 0 Å². The normalized spacial score (nSPS) is 10.7. The number of rotatable bonds is 23. The highest BCUT2D eigenvalue weighted by Crippen LogP contribution is 2.42. The Labute approximate surface area is 756 Å². The molecule has 8 nitrogen and oxygen atoms in total. The van der Waals surface area contributed by atoms with Crippen molar-refractivity contribution in [2.45, 2.75) is 117 Å². The second-order valence-corrected chi connectivity index (χ2v) is 31.1. The quantitative estimate of drug-likeness (QED) is 0.0627. The Bertz CT molecular complexity index is 5660. The van der Waals surface area contributed by atoms with Gasteiger partial charge in [-0.2, -0.15) is 0 Å². The molecular weight excluding hydrogens is 1530 g/mol. The van der Waals surface area contributed by atoms with Crippen molar-refractivity contribution in [3.8, 4) is 33.8 Å². The monoisotopic (exact) mass is 1670 g/mol. The lowest BCUT2D eigenvalue weighted by Gasteiger charge is -2.28. The number of aryl methyl sites for hydroxylation is 5. The number of para-hydroxylation sites is 4. The minimum Gasteiger partial charge on any atom is -0.497 e. The molecule has 0 saturated carbocycles. The molecule has 0 saturated heterocycles. The van der Waals surface area contributed by atoms with Crippen LogP contribution in [-0.4, -0.2) is 35.4 Å². The zero-order valence-electron chi connectivity index (χ0n) is 73.3. The summed E-state index contributed by atoms with van der Waals surface area (Å²) in [6, 6.07) is 146. The van der Waals surface area contributed by atoms with E-state index in [-0.39, 0.29) is 29.7 Å². The first-order valence-corrected chi connectivity index (χ1v) is 42.4.